The first-order valence-corrected chi connectivity index (χ1v) is 20.6. The summed E-state index contributed by atoms with van der Waals surface area (Å²) in [6.07, 6.45) is -0.117. The highest BCUT2D eigenvalue weighted by molar-refractivity contribution is 7.66. The lowest BCUT2D eigenvalue weighted by Gasteiger charge is -2.19. The lowest BCUT2D eigenvalue weighted by atomic mass is 10.0. The van der Waals surface area contributed by atoms with Crippen LogP contribution in [0.3, 0.4) is 0 Å². The van der Waals surface area contributed by atoms with Crippen LogP contribution in [0, 0.1) is 22.0 Å². The number of phosphoric acid groups is 3. The van der Waals surface area contributed by atoms with Gasteiger partial charge in [-0.05, 0) is 38.4 Å². The van der Waals surface area contributed by atoms with Gasteiger partial charge in [-0.3, -0.25) is 24.0 Å². The molecule has 1 aliphatic rings. The zero-order valence-electron chi connectivity index (χ0n) is 28.4. The molecule has 0 radical (unpaired) electrons. The molecular weight excluding hydrogens is 783 g/mol. The molecule has 3 heterocycles. The number of imidazole rings is 1. The van der Waals surface area contributed by atoms with E-state index in [1.807, 2.05) is 0 Å². The highest BCUT2D eigenvalue weighted by Gasteiger charge is 2.43. The molecule has 3 aromatic rings. The first-order valence-electron chi connectivity index (χ1n) is 16.0. The minimum absolute atomic E-state index is 0.0459. The highest BCUT2D eigenvalue weighted by atomic mass is 31.3. The summed E-state index contributed by atoms with van der Waals surface area (Å²) >= 11 is 0. The Bertz CT molecular complexity index is 2050. The van der Waals surface area contributed by atoms with E-state index in [0.717, 1.165) is 19.3 Å². The van der Waals surface area contributed by atoms with Gasteiger partial charge in [-0.25, -0.2) is 18.7 Å². The third-order valence-corrected chi connectivity index (χ3v) is 11.4. The number of Topliss-reactive ketones (excluding diaryl/α,β-unsaturated/α-hetero) is 1. The predicted octanol–water partition coefficient (Wildman–Crippen LogP) is 2.67. The number of nitrogens with two attached hydrogens (primary N) is 2. The number of carbonyl (C=O) groups excluding carboxylic acids is 1. The van der Waals surface area contributed by atoms with Crippen LogP contribution in [0.5, 0.6) is 5.88 Å². The van der Waals surface area contributed by atoms with Gasteiger partial charge in [0.15, 0.2) is 11.2 Å². The summed E-state index contributed by atoms with van der Waals surface area (Å²) in [6, 6.07) is 4.34. The van der Waals surface area contributed by atoms with Crippen LogP contribution in [-0.4, -0.2) is 80.3 Å². The largest absolute Gasteiger partial charge is 0.490 e. The molecule has 2 aromatic heterocycles. The Balaban J connectivity index is 1.43. The molecule has 1 aromatic carbocycles. The summed E-state index contributed by atoms with van der Waals surface area (Å²) in [5.41, 5.74) is 11.7. The molecule has 0 saturated carbocycles. The van der Waals surface area contributed by atoms with E-state index >= 15 is 0 Å². The van der Waals surface area contributed by atoms with Gasteiger partial charge in [-0.1, -0.05) is 18.3 Å². The summed E-state index contributed by atoms with van der Waals surface area (Å²) in [6.45, 7) is 1.21. The van der Waals surface area contributed by atoms with Gasteiger partial charge in [0.1, 0.15) is 24.2 Å². The van der Waals surface area contributed by atoms with E-state index in [4.69, 9.17) is 30.7 Å². The predicted molar refractivity (Wildman–Crippen MR) is 185 cm³/mol. The second-order valence-corrected chi connectivity index (χ2v) is 16.2. The number of rotatable bonds is 19. The summed E-state index contributed by atoms with van der Waals surface area (Å²) in [5, 5.41) is 22.6. The number of nitro benzene ring substituents is 1. The van der Waals surface area contributed by atoms with Crippen LogP contribution in [0.1, 0.15) is 75.3 Å². The molecule has 296 valence electrons. The number of hydrogen-bond acceptors (Lipinski definition) is 17. The van der Waals surface area contributed by atoms with E-state index in [9.17, 15) is 43.5 Å². The van der Waals surface area contributed by atoms with Crippen molar-refractivity contribution in [2.75, 3.05) is 18.9 Å². The van der Waals surface area contributed by atoms with Crippen LogP contribution >= 0.6 is 23.5 Å². The number of anilines is 1. The molecule has 54 heavy (non-hydrogen) atoms. The van der Waals surface area contributed by atoms with E-state index in [0.29, 0.717) is 24.9 Å². The van der Waals surface area contributed by atoms with Gasteiger partial charge in [0.25, 0.3) is 5.69 Å². The number of aromatic nitrogens is 4. The van der Waals surface area contributed by atoms with Crippen LogP contribution in [0.25, 0.3) is 11.2 Å². The van der Waals surface area contributed by atoms with Crippen molar-refractivity contribution in [1.82, 2.24) is 19.5 Å². The zero-order valence-corrected chi connectivity index (χ0v) is 31.1. The quantitative estimate of drug-likeness (QED) is 0.0300. The Morgan fingerprint density at radius 3 is 2.56 bits per heavy atom. The van der Waals surface area contributed by atoms with Gasteiger partial charge < -0.3 is 45.6 Å². The van der Waals surface area contributed by atoms with Gasteiger partial charge in [0.2, 0.25) is 11.8 Å². The highest BCUT2D eigenvalue weighted by Crippen LogP contribution is 2.66. The topological polar surface area (TPSA) is 354 Å². The summed E-state index contributed by atoms with van der Waals surface area (Å²) in [4.78, 5) is 72.4. The zero-order chi connectivity index (χ0) is 39.8. The number of nitro groups is 1. The maximum Gasteiger partial charge on any atom is 0.490 e. The second-order valence-electron chi connectivity index (χ2n) is 11.8. The van der Waals surface area contributed by atoms with Crippen molar-refractivity contribution >= 4 is 52.1 Å². The molecular formula is C28H38N7O16P3. The second kappa shape index (κ2) is 18.3. The van der Waals surface area contributed by atoms with Crippen molar-refractivity contribution in [2.24, 2.45) is 5.73 Å². The number of hydrogen-bond donors (Lipinski definition) is 7. The minimum atomic E-state index is -5.76. The Morgan fingerprint density at radius 2 is 1.87 bits per heavy atom. The van der Waals surface area contributed by atoms with Crippen molar-refractivity contribution in [2.45, 2.75) is 76.4 Å². The number of fused-ring (bicyclic) bond motifs is 1. The normalized spacial score (nSPS) is 20.1. The van der Waals surface area contributed by atoms with Crippen LogP contribution < -0.4 is 16.2 Å². The average Bonchev–Trinajstić information content (AvgIpc) is 3.65. The number of phosphoric ester groups is 1. The fourth-order valence-corrected chi connectivity index (χ4v) is 8.23. The third kappa shape index (κ3) is 12.4. The Kier molecular flexibility index (Phi) is 14.6. The van der Waals surface area contributed by atoms with E-state index in [1.54, 1.807) is 6.07 Å². The molecule has 6 atom stereocenters. The van der Waals surface area contributed by atoms with E-state index in [-0.39, 0.29) is 52.9 Å². The van der Waals surface area contributed by atoms with Gasteiger partial charge >= 0.3 is 23.5 Å². The molecule has 0 bridgehead atoms. The van der Waals surface area contributed by atoms with Crippen molar-refractivity contribution in [1.29, 1.82) is 0 Å². The van der Waals surface area contributed by atoms with Crippen molar-refractivity contribution in [3.05, 3.63) is 45.8 Å². The molecule has 3 unspecified atom stereocenters. The standard InChI is InChI=1S/C28H38N7O16P3/c1-17(20-11-10-18(13-21(20)35(38)39)7-4-5-9-19(36)8-3-2-6-12-29)48-27-25-26(32-28(30)33-27)34(16-31-25)24-14-22(37)23(49-24)15-47-53(43,44)51-54(45,46)50-52(40,41)42/h10-11,13,16-17,22-24,37H,2-3,5-6,8-9,12,14-15,29H2,1H3,(H,43,44)(H,45,46)(H2,30,32,33)(H2,40,41,42)/t17-,22?,23+,24+/m0/s1. The maximum absolute atomic E-state index is 12.1. The third-order valence-electron chi connectivity index (χ3n) is 7.61. The Morgan fingerprint density at radius 1 is 1.13 bits per heavy atom. The first-order chi connectivity index (χ1) is 25.3. The van der Waals surface area contributed by atoms with E-state index in [2.05, 4.69) is 39.9 Å². The monoisotopic (exact) mass is 821 g/mol. The number of unbranched alkanes of at least 4 members (excludes halogenated alkanes) is 2. The molecule has 26 heteroatoms. The molecule has 0 amide bonds. The van der Waals surface area contributed by atoms with Crippen LogP contribution in [0.2, 0.25) is 0 Å². The Labute approximate surface area is 306 Å². The minimum Gasteiger partial charge on any atom is -0.468 e. The van der Waals surface area contributed by atoms with Crippen LogP contribution in [-0.2, 0) is 36.4 Å². The molecule has 1 aliphatic heterocycles. The molecule has 23 nitrogen and oxygen atoms in total. The van der Waals surface area contributed by atoms with Gasteiger partial charge in [-0.15, -0.1) is 0 Å². The number of aliphatic hydroxyl groups excluding tert-OH is 1. The van der Waals surface area contributed by atoms with E-state index in [1.165, 1.54) is 30.0 Å². The van der Waals surface area contributed by atoms with E-state index < -0.39 is 59.5 Å². The number of ether oxygens (including phenoxy) is 2. The van der Waals surface area contributed by atoms with Gasteiger partial charge in [-0.2, -0.15) is 18.6 Å². The molecule has 0 spiro atoms. The van der Waals surface area contributed by atoms with Gasteiger partial charge in [0.05, 0.1) is 29.5 Å². The summed E-state index contributed by atoms with van der Waals surface area (Å²) in [7, 11) is -16.8. The number of nitrogens with zero attached hydrogens (tertiary/aromatic N) is 5. The van der Waals surface area contributed by atoms with Crippen molar-refractivity contribution in [3.63, 3.8) is 0 Å². The van der Waals surface area contributed by atoms with Crippen LogP contribution in [0.15, 0.2) is 24.5 Å². The smallest absolute Gasteiger partial charge is 0.468 e. The van der Waals surface area contributed by atoms with Gasteiger partial charge in [0, 0.05) is 37.3 Å². The fourth-order valence-electron chi connectivity index (χ4n) is 5.20. The molecule has 1 fully saturated rings. The van der Waals surface area contributed by atoms with Crippen molar-refractivity contribution in [3.8, 4) is 17.7 Å². The maximum atomic E-state index is 12.1. The fraction of sp³-hybridized carbons (Fsp3) is 0.500. The molecule has 4 rings (SSSR count). The molecule has 0 aliphatic carbocycles. The first kappa shape index (κ1) is 43.0. The number of benzene rings is 1. The number of ketones is 1. The van der Waals surface area contributed by atoms with Crippen molar-refractivity contribution < 1.29 is 70.7 Å². The number of carbonyl (C=O) groups is 1. The molecule has 1 saturated heterocycles. The lowest BCUT2D eigenvalue weighted by molar-refractivity contribution is -0.386. The Hall–Kier alpha value is -3.71. The number of nitrogen functional groups attached to an aromatic ring is 1. The summed E-state index contributed by atoms with van der Waals surface area (Å²) < 4.78 is 59.4. The average molecular weight is 822 g/mol. The van der Waals surface area contributed by atoms with Crippen LogP contribution in [0.4, 0.5) is 11.6 Å². The number of aliphatic hydroxyl groups is 1. The SMILES string of the molecule is C[C@H](Oc1nc(N)nc2c1ncn2[C@H]1CC(O)[C@@H](COP(=O)(O)OP(=O)(O)OP(=O)(O)O)O1)c1ccc(C#CCCC(=O)CCCCCN)cc1[N+](=O)[O-]. The summed E-state index contributed by atoms with van der Waals surface area (Å²) in [5.74, 6) is 5.37. The molecule has 9 N–H and O–H groups in total. The lowest BCUT2D eigenvalue weighted by Crippen LogP contribution is -2.26.